The SMILES string of the molecule is CCCCCCCCCCCCCCCCCCCCCC(=O)OCC(COC(OCC[N+](C)(C)C)C(=O)O)OC(=O)CCCCCCCCCCCCCCCCCCCCC. The zero-order valence-corrected chi connectivity index (χ0v) is 42.5. The molecule has 0 heterocycles. The van der Waals surface area contributed by atoms with Crippen LogP contribution >= 0.6 is 0 Å². The molecule has 374 valence electrons. The van der Waals surface area contributed by atoms with Crippen LogP contribution in [0.15, 0.2) is 0 Å². The van der Waals surface area contributed by atoms with Gasteiger partial charge in [0.05, 0.1) is 34.4 Å². The zero-order valence-electron chi connectivity index (χ0n) is 42.5. The molecule has 0 rings (SSSR count). The van der Waals surface area contributed by atoms with E-state index in [1.165, 1.54) is 205 Å². The topological polar surface area (TPSA) is 108 Å². The highest BCUT2D eigenvalue weighted by Gasteiger charge is 2.25. The van der Waals surface area contributed by atoms with Crippen LogP contribution in [0.25, 0.3) is 0 Å². The maximum Gasteiger partial charge on any atom is 0.361 e. The van der Waals surface area contributed by atoms with Crippen molar-refractivity contribution in [2.24, 2.45) is 0 Å². The normalized spacial score (nSPS) is 12.7. The lowest BCUT2D eigenvalue weighted by molar-refractivity contribution is -0.870. The van der Waals surface area contributed by atoms with Crippen LogP contribution in [0.4, 0.5) is 0 Å². The number of carboxylic acid groups (broad SMARTS) is 1. The lowest BCUT2D eigenvalue weighted by atomic mass is 10.0. The van der Waals surface area contributed by atoms with Crippen LogP contribution in [-0.4, -0.2) is 87.4 Å². The van der Waals surface area contributed by atoms with Crippen molar-refractivity contribution in [3.63, 3.8) is 0 Å². The molecule has 0 saturated heterocycles. The number of aliphatic carboxylic acids is 1. The molecule has 0 spiro atoms. The van der Waals surface area contributed by atoms with Crippen LogP contribution in [-0.2, 0) is 33.3 Å². The van der Waals surface area contributed by atoms with Crippen molar-refractivity contribution in [3.8, 4) is 0 Å². The van der Waals surface area contributed by atoms with E-state index >= 15 is 0 Å². The van der Waals surface area contributed by atoms with Gasteiger partial charge in [-0.15, -0.1) is 0 Å². The summed E-state index contributed by atoms with van der Waals surface area (Å²) in [4.78, 5) is 37.3. The second-order valence-electron chi connectivity index (χ2n) is 19.9. The van der Waals surface area contributed by atoms with E-state index in [0.717, 1.165) is 38.5 Å². The van der Waals surface area contributed by atoms with E-state index in [0.29, 0.717) is 17.4 Å². The number of rotatable bonds is 51. The van der Waals surface area contributed by atoms with E-state index < -0.39 is 18.4 Å². The van der Waals surface area contributed by atoms with E-state index in [4.69, 9.17) is 18.9 Å². The molecule has 1 N–H and O–H groups in total. The monoisotopic (exact) mass is 897 g/mol. The van der Waals surface area contributed by atoms with Gasteiger partial charge in [0.2, 0.25) is 0 Å². The second-order valence-corrected chi connectivity index (χ2v) is 19.9. The Hall–Kier alpha value is -1.71. The summed E-state index contributed by atoms with van der Waals surface area (Å²) in [6.07, 6.45) is 47.4. The lowest BCUT2D eigenvalue weighted by Crippen LogP contribution is -2.40. The van der Waals surface area contributed by atoms with Gasteiger partial charge < -0.3 is 28.5 Å². The number of carboxylic acids is 1. The molecular weight excluding hydrogens is 791 g/mol. The molecule has 0 radical (unpaired) electrons. The fourth-order valence-corrected chi connectivity index (χ4v) is 8.13. The maximum absolute atomic E-state index is 12.8. The Morgan fingerprint density at radius 1 is 0.413 bits per heavy atom. The number of nitrogens with zero attached hydrogens (tertiary/aromatic N) is 1. The smallest absolute Gasteiger partial charge is 0.361 e. The minimum absolute atomic E-state index is 0.173. The Kier molecular flexibility index (Phi) is 45.5. The average molecular weight is 897 g/mol. The summed E-state index contributed by atoms with van der Waals surface area (Å²) in [5.74, 6) is -1.98. The van der Waals surface area contributed by atoms with Gasteiger partial charge in [-0.1, -0.05) is 245 Å². The van der Waals surface area contributed by atoms with Crippen molar-refractivity contribution in [1.82, 2.24) is 0 Å². The standard InChI is InChI=1S/C54H105NO8/c1-6-8-10-12-14-16-18-20-22-24-26-28-30-32-34-36-38-40-42-44-51(56)61-48-50(49-62-54(53(58)59)60-47-46-55(3,4)5)63-52(57)45-43-41-39-37-35-33-31-29-27-25-23-21-19-17-15-13-11-9-7-2/h50,54H,6-49H2,1-5H3/p+1. The first-order valence-corrected chi connectivity index (χ1v) is 27.2. The van der Waals surface area contributed by atoms with Crippen molar-refractivity contribution in [3.05, 3.63) is 0 Å². The molecule has 0 saturated carbocycles. The fraction of sp³-hybridized carbons (Fsp3) is 0.944. The van der Waals surface area contributed by atoms with Crippen LogP contribution in [0.2, 0.25) is 0 Å². The molecule has 0 fully saturated rings. The summed E-state index contributed by atoms with van der Waals surface area (Å²) in [6.45, 7) is 4.94. The Bertz CT molecular complexity index is 1000. The summed E-state index contributed by atoms with van der Waals surface area (Å²) < 4.78 is 22.9. The van der Waals surface area contributed by atoms with E-state index in [2.05, 4.69) is 13.8 Å². The van der Waals surface area contributed by atoms with E-state index in [1.807, 2.05) is 21.1 Å². The number of carbonyl (C=O) groups excluding carboxylic acids is 2. The van der Waals surface area contributed by atoms with Crippen molar-refractivity contribution >= 4 is 17.9 Å². The molecule has 0 aliphatic rings. The Balaban J connectivity index is 4.25. The number of hydrogen-bond donors (Lipinski definition) is 1. The number of esters is 2. The molecule has 9 heteroatoms. The van der Waals surface area contributed by atoms with Crippen molar-refractivity contribution in [1.29, 1.82) is 0 Å². The molecule has 0 aromatic carbocycles. The van der Waals surface area contributed by atoms with Crippen LogP contribution in [0.3, 0.4) is 0 Å². The number of carbonyl (C=O) groups is 3. The molecule has 0 aliphatic heterocycles. The van der Waals surface area contributed by atoms with Crippen LogP contribution in [0.5, 0.6) is 0 Å². The van der Waals surface area contributed by atoms with E-state index in [9.17, 15) is 19.5 Å². The van der Waals surface area contributed by atoms with Gasteiger partial charge in [-0.2, -0.15) is 0 Å². The maximum atomic E-state index is 12.8. The molecule has 2 unspecified atom stereocenters. The molecule has 0 bridgehead atoms. The largest absolute Gasteiger partial charge is 0.477 e. The van der Waals surface area contributed by atoms with Gasteiger partial charge in [0, 0.05) is 12.8 Å². The zero-order chi connectivity index (χ0) is 46.3. The highest BCUT2D eigenvalue weighted by molar-refractivity contribution is 5.71. The second kappa shape index (κ2) is 46.8. The predicted molar refractivity (Wildman–Crippen MR) is 263 cm³/mol. The molecule has 9 nitrogen and oxygen atoms in total. The number of unbranched alkanes of at least 4 members (excludes halogenated alkanes) is 36. The number of hydrogen-bond acceptors (Lipinski definition) is 7. The van der Waals surface area contributed by atoms with Gasteiger partial charge in [-0.3, -0.25) is 9.59 Å². The first kappa shape index (κ1) is 61.3. The third-order valence-corrected chi connectivity index (χ3v) is 12.4. The Morgan fingerprint density at radius 2 is 0.714 bits per heavy atom. The Morgan fingerprint density at radius 3 is 1.02 bits per heavy atom. The predicted octanol–water partition coefficient (Wildman–Crippen LogP) is 15.2. The first-order chi connectivity index (χ1) is 30.6. The molecule has 0 aromatic heterocycles. The van der Waals surface area contributed by atoms with Crippen molar-refractivity contribution < 1.29 is 42.9 Å². The summed E-state index contributed by atoms with van der Waals surface area (Å²) in [5.41, 5.74) is 0. The van der Waals surface area contributed by atoms with Crippen molar-refractivity contribution in [2.75, 3.05) is 47.5 Å². The highest BCUT2D eigenvalue weighted by atomic mass is 16.7. The summed E-state index contributed by atoms with van der Waals surface area (Å²) in [5, 5.41) is 9.68. The molecule has 0 aromatic rings. The number of ether oxygens (including phenoxy) is 4. The minimum atomic E-state index is -1.50. The fourth-order valence-electron chi connectivity index (χ4n) is 8.13. The van der Waals surface area contributed by atoms with Crippen molar-refractivity contribution in [2.45, 2.75) is 283 Å². The van der Waals surface area contributed by atoms with Gasteiger partial charge in [0.1, 0.15) is 13.2 Å². The average Bonchev–Trinajstić information content (AvgIpc) is 3.24. The van der Waals surface area contributed by atoms with Gasteiger partial charge in [0.25, 0.3) is 6.29 Å². The molecule has 0 amide bonds. The summed E-state index contributed by atoms with van der Waals surface area (Å²) in [6, 6.07) is 0. The lowest BCUT2D eigenvalue weighted by Gasteiger charge is -2.25. The van der Waals surface area contributed by atoms with E-state index in [1.54, 1.807) is 0 Å². The van der Waals surface area contributed by atoms with Crippen LogP contribution in [0.1, 0.15) is 271 Å². The quantitative estimate of drug-likeness (QED) is 0.0278. The molecular formula is C54H106NO8+. The molecule has 2 atom stereocenters. The molecule has 63 heavy (non-hydrogen) atoms. The number of likely N-dealkylation sites (N-methyl/N-ethyl adjacent to an activating group) is 1. The van der Waals surface area contributed by atoms with E-state index in [-0.39, 0.29) is 38.2 Å². The third kappa shape index (κ3) is 48.1. The first-order valence-electron chi connectivity index (χ1n) is 27.2. The van der Waals surface area contributed by atoms with Crippen LogP contribution in [0, 0.1) is 0 Å². The van der Waals surface area contributed by atoms with Gasteiger partial charge >= 0.3 is 17.9 Å². The minimum Gasteiger partial charge on any atom is -0.477 e. The third-order valence-electron chi connectivity index (χ3n) is 12.4. The Labute approximate surface area is 390 Å². The van der Waals surface area contributed by atoms with Gasteiger partial charge in [-0.05, 0) is 12.8 Å². The number of quaternary nitrogens is 1. The summed E-state index contributed by atoms with van der Waals surface area (Å²) >= 11 is 0. The van der Waals surface area contributed by atoms with Gasteiger partial charge in [-0.25, -0.2) is 4.79 Å². The summed E-state index contributed by atoms with van der Waals surface area (Å²) in [7, 11) is 5.98. The molecule has 0 aliphatic carbocycles. The van der Waals surface area contributed by atoms with Crippen LogP contribution < -0.4 is 0 Å². The van der Waals surface area contributed by atoms with Gasteiger partial charge in [0.15, 0.2) is 6.10 Å². The highest BCUT2D eigenvalue weighted by Crippen LogP contribution is 2.17.